The molecule has 0 spiro atoms. The Morgan fingerprint density at radius 2 is 1.92 bits per heavy atom. The summed E-state index contributed by atoms with van der Waals surface area (Å²) < 4.78 is 0. The predicted octanol–water partition coefficient (Wildman–Crippen LogP) is 3.20. The lowest BCUT2D eigenvalue weighted by molar-refractivity contribution is 0.313. The molecule has 2 unspecified atom stereocenters. The quantitative estimate of drug-likeness (QED) is 0.708. The van der Waals surface area contributed by atoms with Crippen molar-refractivity contribution < 1.29 is 0 Å². The van der Waals surface area contributed by atoms with Crippen LogP contribution in [0.25, 0.3) is 0 Å². The van der Waals surface area contributed by atoms with Gasteiger partial charge in [0.2, 0.25) is 0 Å². The smallest absolute Gasteiger partial charge is 0.00954 e. The van der Waals surface area contributed by atoms with Gasteiger partial charge in [0.15, 0.2) is 0 Å². The first-order valence-corrected chi connectivity index (χ1v) is 5.76. The van der Waals surface area contributed by atoms with Crippen LogP contribution in [0.15, 0.2) is 0 Å². The molecule has 1 aliphatic carbocycles. The topological polar surface area (TPSA) is 12.0 Å². The Hall–Kier alpha value is -0.0400. The van der Waals surface area contributed by atoms with Gasteiger partial charge in [-0.2, -0.15) is 0 Å². The second-order valence-electron chi connectivity index (χ2n) is 5.65. The van der Waals surface area contributed by atoms with Crippen LogP contribution in [0, 0.1) is 11.3 Å². The highest BCUT2D eigenvalue weighted by molar-refractivity contribution is 4.83. The minimum Gasteiger partial charge on any atom is -0.313 e. The van der Waals surface area contributed by atoms with Crippen LogP contribution in [0.1, 0.15) is 53.4 Å². The molecule has 1 N–H and O–H groups in total. The first kappa shape index (κ1) is 11.0. The molecule has 1 saturated carbocycles. The van der Waals surface area contributed by atoms with Gasteiger partial charge >= 0.3 is 0 Å². The van der Waals surface area contributed by atoms with E-state index in [2.05, 4.69) is 33.0 Å². The monoisotopic (exact) mass is 183 g/mol. The maximum absolute atomic E-state index is 3.72. The average Bonchev–Trinajstić information content (AvgIpc) is 2.46. The summed E-state index contributed by atoms with van der Waals surface area (Å²) in [6.45, 7) is 10.4. The van der Waals surface area contributed by atoms with Gasteiger partial charge in [-0.15, -0.1) is 0 Å². The van der Waals surface area contributed by atoms with Gasteiger partial charge < -0.3 is 5.32 Å². The molecule has 13 heavy (non-hydrogen) atoms. The third-order valence-corrected chi connectivity index (χ3v) is 3.08. The molecule has 0 heterocycles. The van der Waals surface area contributed by atoms with Crippen LogP contribution in [0.3, 0.4) is 0 Å². The van der Waals surface area contributed by atoms with Gasteiger partial charge in [0.1, 0.15) is 0 Å². The predicted molar refractivity (Wildman–Crippen MR) is 58.9 cm³/mol. The van der Waals surface area contributed by atoms with Crippen LogP contribution >= 0.6 is 0 Å². The molecule has 1 nitrogen and oxygen atoms in total. The van der Waals surface area contributed by atoms with Crippen molar-refractivity contribution >= 4 is 0 Å². The normalized spacial score (nSPS) is 29.5. The van der Waals surface area contributed by atoms with Gasteiger partial charge in [-0.1, -0.05) is 40.5 Å². The highest BCUT2D eigenvalue weighted by atomic mass is 14.9. The number of hydrogen-bond acceptors (Lipinski definition) is 1. The zero-order chi connectivity index (χ0) is 9.90. The van der Waals surface area contributed by atoms with Crippen molar-refractivity contribution in [1.29, 1.82) is 0 Å². The number of rotatable bonds is 3. The molecule has 0 aromatic heterocycles. The summed E-state index contributed by atoms with van der Waals surface area (Å²) in [5.41, 5.74) is 0.431. The van der Waals surface area contributed by atoms with E-state index in [1.807, 2.05) is 0 Å². The van der Waals surface area contributed by atoms with Gasteiger partial charge in [-0.3, -0.25) is 0 Å². The fourth-order valence-corrected chi connectivity index (χ4v) is 2.23. The van der Waals surface area contributed by atoms with Gasteiger partial charge in [-0.25, -0.2) is 0 Å². The Balaban J connectivity index is 2.28. The fourth-order valence-electron chi connectivity index (χ4n) is 2.23. The Morgan fingerprint density at radius 1 is 1.23 bits per heavy atom. The van der Waals surface area contributed by atoms with Crippen LogP contribution < -0.4 is 5.32 Å². The maximum Gasteiger partial charge on any atom is 0.00954 e. The molecule has 1 heteroatoms. The molecule has 0 amide bonds. The lowest BCUT2D eigenvalue weighted by Gasteiger charge is -2.25. The van der Waals surface area contributed by atoms with Gasteiger partial charge in [0.05, 0.1) is 0 Å². The molecule has 1 fully saturated rings. The summed E-state index contributed by atoms with van der Waals surface area (Å²) in [6.07, 6.45) is 5.62. The zero-order valence-electron chi connectivity index (χ0n) is 9.69. The molecule has 0 saturated heterocycles. The summed E-state index contributed by atoms with van der Waals surface area (Å²) in [7, 11) is 0. The Kier molecular flexibility index (Phi) is 3.78. The third kappa shape index (κ3) is 3.68. The average molecular weight is 183 g/mol. The third-order valence-electron chi connectivity index (χ3n) is 3.08. The van der Waals surface area contributed by atoms with E-state index < -0.39 is 0 Å². The SMILES string of the molecule is CCC1CCCC1NCC(C)(C)C. The van der Waals surface area contributed by atoms with E-state index in [0.29, 0.717) is 5.41 Å². The first-order valence-electron chi connectivity index (χ1n) is 5.76. The van der Waals surface area contributed by atoms with Crippen LogP contribution in [-0.4, -0.2) is 12.6 Å². The van der Waals surface area contributed by atoms with Gasteiger partial charge in [0.25, 0.3) is 0 Å². The van der Waals surface area contributed by atoms with Crippen molar-refractivity contribution in [1.82, 2.24) is 5.32 Å². The van der Waals surface area contributed by atoms with E-state index >= 15 is 0 Å². The van der Waals surface area contributed by atoms with Crippen molar-refractivity contribution in [3.63, 3.8) is 0 Å². The number of hydrogen-bond donors (Lipinski definition) is 1. The fraction of sp³-hybridized carbons (Fsp3) is 1.00. The highest BCUT2D eigenvalue weighted by Crippen LogP contribution is 2.28. The number of nitrogens with one attached hydrogen (secondary N) is 1. The minimum absolute atomic E-state index is 0.431. The molecule has 0 aromatic carbocycles. The standard InChI is InChI=1S/C12H25N/c1-5-10-7-6-8-11(10)13-9-12(2,3)4/h10-11,13H,5-9H2,1-4H3. The molecule has 78 valence electrons. The Labute approximate surface area is 83.3 Å². The van der Waals surface area contributed by atoms with Crippen LogP contribution in [0.5, 0.6) is 0 Å². The molecule has 0 radical (unpaired) electrons. The molecule has 2 atom stereocenters. The molecule has 0 bridgehead atoms. The largest absolute Gasteiger partial charge is 0.313 e. The van der Waals surface area contributed by atoms with Gasteiger partial charge in [-0.05, 0) is 24.2 Å². The van der Waals surface area contributed by atoms with E-state index in [1.165, 1.54) is 25.7 Å². The highest BCUT2D eigenvalue weighted by Gasteiger charge is 2.26. The van der Waals surface area contributed by atoms with Crippen molar-refractivity contribution in [3.05, 3.63) is 0 Å². The van der Waals surface area contributed by atoms with Crippen molar-refractivity contribution in [2.75, 3.05) is 6.54 Å². The van der Waals surface area contributed by atoms with E-state index in [4.69, 9.17) is 0 Å². The Bertz CT molecular complexity index is 146. The van der Waals surface area contributed by atoms with Crippen LogP contribution in [0.4, 0.5) is 0 Å². The van der Waals surface area contributed by atoms with E-state index in [0.717, 1.165) is 18.5 Å². The molecular formula is C12H25N. The molecule has 1 rings (SSSR count). The first-order chi connectivity index (χ1) is 6.03. The summed E-state index contributed by atoms with van der Waals surface area (Å²) in [5, 5.41) is 3.72. The lowest BCUT2D eigenvalue weighted by atomic mass is 9.94. The van der Waals surface area contributed by atoms with Gasteiger partial charge in [0, 0.05) is 12.6 Å². The summed E-state index contributed by atoms with van der Waals surface area (Å²) in [4.78, 5) is 0. The molecular weight excluding hydrogens is 158 g/mol. The molecule has 1 aliphatic rings. The maximum atomic E-state index is 3.72. The molecule has 0 aliphatic heterocycles. The zero-order valence-corrected chi connectivity index (χ0v) is 9.69. The second-order valence-corrected chi connectivity index (χ2v) is 5.65. The van der Waals surface area contributed by atoms with Crippen molar-refractivity contribution in [2.24, 2.45) is 11.3 Å². The minimum atomic E-state index is 0.431. The summed E-state index contributed by atoms with van der Waals surface area (Å²) in [5.74, 6) is 0.947. The van der Waals surface area contributed by atoms with E-state index in [-0.39, 0.29) is 0 Å². The second kappa shape index (κ2) is 4.45. The lowest BCUT2D eigenvalue weighted by Crippen LogP contribution is -2.37. The van der Waals surface area contributed by atoms with Crippen LogP contribution in [-0.2, 0) is 0 Å². The van der Waals surface area contributed by atoms with E-state index in [9.17, 15) is 0 Å². The summed E-state index contributed by atoms with van der Waals surface area (Å²) >= 11 is 0. The van der Waals surface area contributed by atoms with Crippen LogP contribution in [0.2, 0.25) is 0 Å². The van der Waals surface area contributed by atoms with Crippen molar-refractivity contribution in [2.45, 2.75) is 59.4 Å². The molecule has 0 aromatic rings. The Morgan fingerprint density at radius 3 is 2.46 bits per heavy atom. The van der Waals surface area contributed by atoms with E-state index in [1.54, 1.807) is 0 Å². The van der Waals surface area contributed by atoms with Crippen molar-refractivity contribution in [3.8, 4) is 0 Å². The summed E-state index contributed by atoms with van der Waals surface area (Å²) in [6, 6.07) is 0.809.